The van der Waals surface area contributed by atoms with E-state index in [0.717, 1.165) is 41.9 Å². The first-order valence-corrected chi connectivity index (χ1v) is 13.5. The minimum absolute atomic E-state index is 0.159. The van der Waals surface area contributed by atoms with Gasteiger partial charge < -0.3 is 14.2 Å². The molecule has 2 unspecified atom stereocenters. The van der Waals surface area contributed by atoms with Gasteiger partial charge in [0.1, 0.15) is 12.4 Å². The van der Waals surface area contributed by atoms with Crippen molar-refractivity contribution in [2.24, 2.45) is 5.92 Å². The van der Waals surface area contributed by atoms with Gasteiger partial charge in [-0.1, -0.05) is 61.7 Å². The van der Waals surface area contributed by atoms with E-state index in [1.54, 1.807) is 0 Å². The van der Waals surface area contributed by atoms with E-state index in [1.165, 1.54) is 37.7 Å². The summed E-state index contributed by atoms with van der Waals surface area (Å²) in [4.78, 5) is 18.7. The molecule has 0 radical (unpaired) electrons. The van der Waals surface area contributed by atoms with Crippen molar-refractivity contribution in [1.29, 1.82) is 0 Å². The molecule has 5 heteroatoms. The van der Waals surface area contributed by atoms with Crippen LogP contribution < -0.4 is 4.74 Å². The third-order valence-corrected chi connectivity index (χ3v) is 8.48. The summed E-state index contributed by atoms with van der Waals surface area (Å²) in [6, 6.07) is 17.5. The molecule has 3 aliphatic rings. The maximum atomic E-state index is 14.1. The van der Waals surface area contributed by atoms with Crippen molar-refractivity contribution in [1.82, 2.24) is 14.4 Å². The number of ether oxygens (including phenoxy) is 1. The van der Waals surface area contributed by atoms with Gasteiger partial charge in [-0.3, -0.25) is 9.69 Å². The molecule has 0 N–H and O–H groups in total. The van der Waals surface area contributed by atoms with Gasteiger partial charge in [0.2, 0.25) is 0 Å². The number of carbonyl (C=O) groups is 1. The van der Waals surface area contributed by atoms with Crippen LogP contribution in [0.4, 0.5) is 0 Å². The molecule has 2 aliphatic heterocycles. The van der Waals surface area contributed by atoms with E-state index in [-0.39, 0.29) is 18.0 Å². The van der Waals surface area contributed by atoms with Crippen LogP contribution in [0, 0.1) is 5.92 Å². The molecule has 35 heavy (non-hydrogen) atoms. The van der Waals surface area contributed by atoms with Gasteiger partial charge in [-0.05, 0) is 44.2 Å². The SMILES string of the molecule is CC1CN(Cc2ccccc2)CC(C)N1C(=O)c1cn2c3c(cccc13)OC[C@H]2C1CCCCC1. The minimum Gasteiger partial charge on any atom is -0.489 e. The van der Waals surface area contributed by atoms with Gasteiger partial charge in [0.15, 0.2) is 0 Å². The van der Waals surface area contributed by atoms with E-state index in [9.17, 15) is 4.79 Å². The van der Waals surface area contributed by atoms with Gasteiger partial charge in [-0.25, -0.2) is 0 Å². The normalized spacial score (nSPS) is 25.5. The molecule has 1 aromatic heterocycles. The zero-order chi connectivity index (χ0) is 23.9. The first-order chi connectivity index (χ1) is 17.1. The number of benzene rings is 2. The zero-order valence-electron chi connectivity index (χ0n) is 21.0. The molecular weight excluding hydrogens is 434 g/mol. The van der Waals surface area contributed by atoms with E-state index in [4.69, 9.17) is 4.74 Å². The lowest BCUT2D eigenvalue weighted by Crippen LogP contribution is -2.58. The summed E-state index contributed by atoms with van der Waals surface area (Å²) in [6.07, 6.45) is 8.64. The highest BCUT2D eigenvalue weighted by Crippen LogP contribution is 2.42. The number of para-hydroxylation sites is 1. The number of aromatic nitrogens is 1. The number of piperazine rings is 1. The zero-order valence-corrected chi connectivity index (χ0v) is 21.0. The Bertz CT molecular complexity index is 1190. The van der Waals surface area contributed by atoms with Crippen LogP contribution in [0.3, 0.4) is 0 Å². The van der Waals surface area contributed by atoms with Crippen molar-refractivity contribution >= 4 is 16.8 Å². The highest BCUT2D eigenvalue weighted by molar-refractivity contribution is 6.08. The van der Waals surface area contributed by atoms with Crippen LogP contribution in [0.15, 0.2) is 54.7 Å². The monoisotopic (exact) mass is 471 g/mol. The number of hydrogen-bond acceptors (Lipinski definition) is 3. The Morgan fingerprint density at radius 1 is 0.943 bits per heavy atom. The lowest BCUT2D eigenvalue weighted by molar-refractivity contribution is 0.0269. The first-order valence-electron chi connectivity index (χ1n) is 13.5. The summed E-state index contributed by atoms with van der Waals surface area (Å²) in [7, 11) is 0. The van der Waals surface area contributed by atoms with Gasteiger partial charge in [-0.2, -0.15) is 0 Å². The summed E-state index contributed by atoms with van der Waals surface area (Å²) in [5.74, 6) is 1.71. The molecule has 6 rings (SSSR count). The third kappa shape index (κ3) is 4.14. The van der Waals surface area contributed by atoms with Crippen LogP contribution in [-0.2, 0) is 6.54 Å². The van der Waals surface area contributed by atoms with Crippen molar-refractivity contribution in [3.8, 4) is 5.75 Å². The predicted molar refractivity (Wildman–Crippen MR) is 140 cm³/mol. The van der Waals surface area contributed by atoms with Crippen molar-refractivity contribution in [3.63, 3.8) is 0 Å². The summed E-state index contributed by atoms with van der Waals surface area (Å²) in [6.45, 7) is 7.82. The maximum absolute atomic E-state index is 14.1. The van der Waals surface area contributed by atoms with E-state index in [1.807, 2.05) is 6.07 Å². The standard InChI is InChI=1S/C30H37N3O2/c1-21-16-31(18-23-10-5-3-6-11-23)17-22(2)33(21)30(34)26-19-32-27(24-12-7-4-8-13-24)20-35-28-15-9-14-25(26)29(28)32/h3,5-6,9-11,14-15,19,21-22,24,27H,4,7-8,12-13,16-18,20H2,1-2H3/t21?,22?,27-/m0/s1. The molecular formula is C30H37N3O2. The number of amides is 1. The van der Waals surface area contributed by atoms with E-state index in [0.29, 0.717) is 18.6 Å². The van der Waals surface area contributed by atoms with Crippen LogP contribution in [0.5, 0.6) is 5.75 Å². The molecule has 3 atom stereocenters. The van der Waals surface area contributed by atoms with Crippen LogP contribution in [-0.4, -0.2) is 52.1 Å². The molecule has 0 spiro atoms. The highest BCUT2D eigenvalue weighted by atomic mass is 16.5. The Hall–Kier alpha value is -2.79. The predicted octanol–water partition coefficient (Wildman–Crippen LogP) is 5.89. The fourth-order valence-electron chi connectivity index (χ4n) is 6.91. The first kappa shape index (κ1) is 22.7. The van der Waals surface area contributed by atoms with Crippen molar-refractivity contribution < 1.29 is 9.53 Å². The van der Waals surface area contributed by atoms with Gasteiger partial charge in [-0.15, -0.1) is 0 Å². The Labute approximate surface area is 208 Å². The second kappa shape index (κ2) is 9.34. The highest BCUT2D eigenvalue weighted by Gasteiger charge is 2.37. The van der Waals surface area contributed by atoms with Crippen molar-refractivity contribution in [3.05, 3.63) is 65.9 Å². The Morgan fingerprint density at radius 2 is 1.69 bits per heavy atom. The van der Waals surface area contributed by atoms with Gasteiger partial charge in [0.05, 0.1) is 17.1 Å². The largest absolute Gasteiger partial charge is 0.489 e. The summed E-state index contributed by atoms with van der Waals surface area (Å²) < 4.78 is 8.66. The lowest BCUT2D eigenvalue weighted by atomic mass is 9.83. The number of carbonyl (C=O) groups excluding carboxylic acids is 1. The maximum Gasteiger partial charge on any atom is 0.256 e. The van der Waals surface area contributed by atoms with Gasteiger partial charge in [0.25, 0.3) is 5.91 Å². The average Bonchev–Trinajstić information content (AvgIpc) is 3.26. The Morgan fingerprint density at radius 3 is 2.43 bits per heavy atom. The summed E-state index contributed by atoms with van der Waals surface area (Å²) >= 11 is 0. The smallest absolute Gasteiger partial charge is 0.256 e. The third-order valence-electron chi connectivity index (χ3n) is 8.48. The molecule has 0 bridgehead atoms. The number of nitrogens with zero attached hydrogens (tertiary/aromatic N) is 3. The molecule has 3 heterocycles. The second-order valence-electron chi connectivity index (χ2n) is 11.0. The number of rotatable bonds is 4. The molecule has 1 saturated carbocycles. The molecule has 3 aromatic rings. The molecule has 1 amide bonds. The summed E-state index contributed by atoms with van der Waals surface area (Å²) in [5, 5.41) is 1.04. The molecule has 1 saturated heterocycles. The molecule has 2 fully saturated rings. The van der Waals surface area contributed by atoms with Crippen molar-refractivity contribution in [2.45, 2.75) is 70.6 Å². The van der Waals surface area contributed by atoms with Crippen LogP contribution >= 0.6 is 0 Å². The van der Waals surface area contributed by atoms with Gasteiger partial charge >= 0.3 is 0 Å². The molecule has 2 aromatic carbocycles. The fraction of sp³-hybridized carbons (Fsp3) is 0.500. The molecule has 184 valence electrons. The minimum atomic E-state index is 0.159. The quantitative estimate of drug-likeness (QED) is 0.476. The van der Waals surface area contributed by atoms with Gasteiger partial charge in [0, 0.05) is 43.3 Å². The van der Waals surface area contributed by atoms with Crippen LogP contribution in [0.25, 0.3) is 10.9 Å². The summed E-state index contributed by atoms with van der Waals surface area (Å²) in [5.41, 5.74) is 3.28. The lowest BCUT2D eigenvalue weighted by Gasteiger charge is -2.44. The van der Waals surface area contributed by atoms with Crippen LogP contribution in [0.2, 0.25) is 0 Å². The molecule has 5 nitrogen and oxygen atoms in total. The molecule has 1 aliphatic carbocycles. The van der Waals surface area contributed by atoms with Crippen molar-refractivity contribution in [2.75, 3.05) is 19.7 Å². The van der Waals surface area contributed by atoms with E-state index >= 15 is 0 Å². The topological polar surface area (TPSA) is 37.7 Å². The number of hydrogen-bond donors (Lipinski definition) is 0. The van der Waals surface area contributed by atoms with Crippen LogP contribution in [0.1, 0.15) is 67.9 Å². The van der Waals surface area contributed by atoms with E-state index in [2.05, 4.69) is 76.9 Å². The van der Waals surface area contributed by atoms with E-state index < -0.39 is 0 Å². The Balaban J connectivity index is 1.28. The fourth-order valence-corrected chi connectivity index (χ4v) is 6.91. The Kier molecular flexibility index (Phi) is 6.05. The average molecular weight is 472 g/mol. The second-order valence-corrected chi connectivity index (χ2v) is 11.0.